The van der Waals surface area contributed by atoms with Crippen LogP contribution in [0.1, 0.15) is 32.3 Å². The van der Waals surface area contributed by atoms with Crippen LogP contribution in [0, 0.1) is 11.8 Å². The van der Waals surface area contributed by atoms with E-state index in [0.717, 1.165) is 17.7 Å². The minimum atomic E-state index is -3.50. The number of hydrogen-bond acceptors (Lipinski definition) is 3. The number of anilines is 2. The summed E-state index contributed by atoms with van der Waals surface area (Å²) in [4.78, 5) is 0. The first-order valence-electron chi connectivity index (χ1n) is 9.21. The molecule has 5 heteroatoms. The standard InChI is InChI=1S/C21H27NO3S/c1-16(12-17(2)15-23)13-20-14-18-8-6-7-11-21(18)22(26(20,24)25)19-9-4-3-5-10-19/h3-11,16-17,20,23H,12-15H2,1-2H3. The van der Waals surface area contributed by atoms with Crippen LogP contribution in [0.4, 0.5) is 11.4 Å². The summed E-state index contributed by atoms with van der Waals surface area (Å²) >= 11 is 0. The van der Waals surface area contributed by atoms with Crippen molar-refractivity contribution in [3.05, 3.63) is 60.2 Å². The van der Waals surface area contributed by atoms with Crippen molar-refractivity contribution in [2.75, 3.05) is 10.9 Å². The SMILES string of the molecule is CC(CO)CC(C)CC1Cc2ccccc2N(c2ccccc2)S1(=O)=O. The van der Waals surface area contributed by atoms with E-state index in [1.807, 2.05) is 61.5 Å². The summed E-state index contributed by atoms with van der Waals surface area (Å²) < 4.78 is 28.4. The fourth-order valence-electron chi connectivity index (χ4n) is 3.88. The number of benzene rings is 2. The summed E-state index contributed by atoms with van der Waals surface area (Å²) in [5, 5.41) is 8.84. The highest BCUT2D eigenvalue weighted by Crippen LogP contribution is 2.40. The lowest BCUT2D eigenvalue weighted by Gasteiger charge is -2.36. The van der Waals surface area contributed by atoms with Gasteiger partial charge in [-0.3, -0.25) is 0 Å². The molecule has 3 unspecified atom stereocenters. The van der Waals surface area contributed by atoms with Gasteiger partial charge in [0.2, 0.25) is 10.0 Å². The Morgan fingerprint density at radius 1 is 1.04 bits per heavy atom. The van der Waals surface area contributed by atoms with Crippen LogP contribution in [0.2, 0.25) is 0 Å². The average molecular weight is 374 g/mol. The number of rotatable bonds is 6. The molecule has 0 bridgehead atoms. The Kier molecular flexibility index (Phi) is 5.68. The fourth-order valence-corrected chi connectivity index (χ4v) is 6.01. The lowest BCUT2D eigenvalue weighted by atomic mass is 9.92. The zero-order valence-corrected chi connectivity index (χ0v) is 16.2. The van der Waals surface area contributed by atoms with Crippen LogP contribution in [0.5, 0.6) is 0 Å². The van der Waals surface area contributed by atoms with Crippen LogP contribution in [-0.2, 0) is 16.4 Å². The first kappa shape index (κ1) is 18.9. The van der Waals surface area contributed by atoms with Crippen LogP contribution in [0.25, 0.3) is 0 Å². The lowest BCUT2D eigenvalue weighted by Crippen LogP contribution is -2.42. The third-order valence-electron chi connectivity index (χ3n) is 5.11. The number of hydrogen-bond donors (Lipinski definition) is 1. The van der Waals surface area contributed by atoms with Crippen LogP contribution in [0.3, 0.4) is 0 Å². The second-order valence-corrected chi connectivity index (χ2v) is 9.53. The number of fused-ring (bicyclic) bond motifs is 1. The van der Waals surface area contributed by atoms with Gasteiger partial charge in [0.05, 0.1) is 16.6 Å². The molecule has 3 rings (SSSR count). The molecule has 0 saturated carbocycles. The van der Waals surface area contributed by atoms with Crippen molar-refractivity contribution in [1.82, 2.24) is 0 Å². The van der Waals surface area contributed by atoms with E-state index in [2.05, 4.69) is 6.92 Å². The highest BCUT2D eigenvalue weighted by molar-refractivity contribution is 7.93. The molecule has 0 aromatic heterocycles. The van der Waals surface area contributed by atoms with Gasteiger partial charge < -0.3 is 5.11 Å². The van der Waals surface area contributed by atoms with Crippen molar-refractivity contribution < 1.29 is 13.5 Å². The Bertz CT molecular complexity index is 835. The van der Waals surface area contributed by atoms with E-state index in [1.54, 1.807) is 0 Å². The first-order chi connectivity index (χ1) is 12.4. The van der Waals surface area contributed by atoms with Crippen LogP contribution >= 0.6 is 0 Å². The van der Waals surface area contributed by atoms with Crippen molar-refractivity contribution in [3.8, 4) is 0 Å². The lowest BCUT2D eigenvalue weighted by molar-refractivity contribution is 0.212. The van der Waals surface area contributed by atoms with E-state index in [0.29, 0.717) is 18.5 Å². The van der Waals surface area contributed by atoms with Gasteiger partial charge in [0.15, 0.2) is 0 Å². The van der Waals surface area contributed by atoms with Gasteiger partial charge in [-0.2, -0.15) is 0 Å². The maximum atomic E-state index is 13.4. The quantitative estimate of drug-likeness (QED) is 0.828. The fraction of sp³-hybridized carbons (Fsp3) is 0.429. The molecule has 0 aliphatic carbocycles. The smallest absolute Gasteiger partial charge is 0.242 e. The maximum Gasteiger partial charge on any atom is 0.242 e. The zero-order valence-electron chi connectivity index (χ0n) is 15.4. The second-order valence-electron chi connectivity index (χ2n) is 7.46. The highest BCUT2D eigenvalue weighted by atomic mass is 32.2. The van der Waals surface area contributed by atoms with Gasteiger partial charge in [0.1, 0.15) is 0 Å². The maximum absolute atomic E-state index is 13.4. The Balaban J connectivity index is 1.97. The van der Waals surface area contributed by atoms with Crippen molar-refractivity contribution >= 4 is 21.4 Å². The van der Waals surface area contributed by atoms with Crippen LogP contribution in [-0.4, -0.2) is 25.4 Å². The Labute approximate surface area is 156 Å². The summed E-state index contributed by atoms with van der Waals surface area (Å²) in [6.07, 6.45) is 1.97. The minimum absolute atomic E-state index is 0.140. The predicted molar refractivity (Wildman–Crippen MR) is 106 cm³/mol. The van der Waals surface area contributed by atoms with Crippen molar-refractivity contribution in [2.45, 2.75) is 38.4 Å². The molecule has 4 nitrogen and oxygen atoms in total. The monoisotopic (exact) mass is 373 g/mol. The summed E-state index contributed by atoms with van der Waals surface area (Å²) in [5.41, 5.74) is 2.51. The number of para-hydroxylation sites is 2. The molecule has 3 atom stereocenters. The van der Waals surface area contributed by atoms with Crippen molar-refractivity contribution in [1.29, 1.82) is 0 Å². The molecule has 0 fully saturated rings. The second kappa shape index (κ2) is 7.80. The first-order valence-corrected chi connectivity index (χ1v) is 10.7. The predicted octanol–water partition coefficient (Wildman–Crippen LogP) is 4.12. The van der Waals surface area contributed by atoms with Gasteiger partial charge in [0, 0.05) is 6.61 Å². The van der Waals surface area contributed by atoms with Gasteiger partial charge in [-0.15, -0.1) is 0 Å². The summed E-state index contributed by atoms with van der Waals surface area (Å²) in [6.45, 7) is 4.22. The van der Waals surface area contributed by atoms with E-state index in [1.165, 1.54) is 4.31 Å². The molecule has 0 amide bonds. The van der Waals surface area contributed by atoms with E-state index in [-0.39, 0.29) is 18.4 Å². The van der Waals surface area contributed by atoms with E-state index < -0.39 is 15.3 Å². The molecule has 2 aromatic carbocycles. The molecule has 1 aliphatic heterocycles. The molecular formula is C21H27NO3S. The Morgan fingerprint density at radius 3 is 2.38 bits per heavy atom. The van der Waals surface area contributed by atoms with E-state index in [9.17, 15) is 13.5 Å². The summed E-state index contributed by atoms with van der Waals surface area (Å²) in [7, 11) is -3.50. The molecule has 26 heavy (non-hydrogen) atoms. The number of aliphatic hydroxyl groups is 1. The molecule has 1 N–H and O–H groups in total. The van der Waals surface area contributed by atoms with E-state index >= 15 is 0 Å². The van der Waals surface area contributed by atoms with Crippen molar-refractivity contribution in [3.63, 3.8) is 0 Å². The zero-order chi connectivity index (χ0) is 18.7. The molecule has 140 valence electrons. The molecule has 0 saturated heterocycles. The summed E-state index contributed by atoms with van der Waals surface area (Å²) in [6, 6.07) is 17.1. The highest BCUT2D eigenvalue weighted by Gasteiger charge is 2.39. The van der Waals surface area contributed by atoms with Gasteiger partial charge in [0.25, 0.3) is 0 Å². The Morgan fingerprint density at radius 2 is 1.69 bits per heavy atom. The molecular weight excluding hydrogens is 346 g/mol. The average Bonchev–Trinajstić information content (AvgIpc) is 2.62. The topological polar surface area (TPSA) is 57.6 Å². The summed E-state index contributed by atoms with van der Waals surface area (Å²) in [5.74, 6) is 0.425. The van der Waals surface area contributed by atoms with Crippen LogP contribution in [0.15, 0.2) is 54.6 Å². The third kappa shape index (κ3) is 3.79. The molecule has 0 spiro atoms. The van der Waals surface area contributed by atoms with Gasteiger partial charge in [-0.1, -0.05) is 50.2 Å². The number of nitrogens with zero attached hydrogens (tertiary/aromatic N) is 1. The number of sulfonamides is 1. The van der Waals surface area contributed by atoms with E-state index in [4.69, 9.17) is 0 Å². The molecule has 1 heterocycles. The normalized spacial score (nSPS) is 21.0. The number of aliphatic hydroxyl groups excluding tert-OH is 1. The van der Waals surface area contributed by atoms with Gasteiger partial charge in [-0.25, -0.2) is 12.7 Å². The van der Waals surface area contributed by atoms with Crippen molar-refractivity contribution in [2.24, 2.45) is 11.8 Å². The molecule has 0 radical (unpaired) electrons. The van der Waals surface area contributed by atoms with Gasteiger partial charge >= 0.3 is 0 Å². The Hall–Kier alpha value is -1.85. The van der Waals surface area contributed by atoms with Crippen LogP contribution < -0.4 is 4.31 Å². The van der Waals surface area contributed by atoms with Gasteiger partial charge in [-0.05, 0) is 54.9 Å². The molecule has 2 aromatic rings. The molecule has 1 aliphatic rings. The third-order valence-corrected chi connectivity index (χ3v) is 7.22. The largest absolute Gasteiger partial charge is 0.396 e. The minimum Gasteiger partial charge on any atom is -0.396 e.